The third-order valence-corrected chi connectivity index (χ3v) is 12.8. The van der Waals surface area contributed by atoms with Gasteiger partial charge in [-0.1, -0.05) is 81.4 Å². The Hall–Kier alpha value is -2.29. The summed E-state index contributed by atoms with van der Waals surface area (Å²) < 4.78 is 31.2. The molecule has 2 N–H and O–H groups in total. The predicted molar refractivity (Wildman–Crippen MR) is 140 cm³/mol. The molecule has 0 aliphatic heterocycles. The first-order valence-electron chi connectivity index (χ1n) is 11.8. The molecule has 0 saturated heterocycles. The molecule has 0 aliphatic carbocycles. The number of carbonyl (C=O) groups is 2. The third-order valence-electron chi connectivity index (χ3n) is 6.35. The van der Waals surface area contributed by atoms with Crippen molar-refractivity contribution >= 4 is 27.9 Å². The van der Waals surface area contributed by atoms with Gasteiger partial charge in [-0.15, -0.1) is 0 Å². The molecular weight excluding hydrogens is 499 g/mol. The van der Waals surface area contributed by atoms with Crippen LogP contribution in [0.4, 0.5) is 0 Å². The Morgan fingerprint density at radius 3 is 1.67 bits per heavy atom. The van der Waals surface area contributed by atoms with E-state index in [9.17, 15) is 24.4 Å². The van der Waals surface area contributed by atoms with Crippen molar-refractivity contribution in [3.8, 4) is 0 Å². The maximum Gasteiger partial charge on any atom is 0.332 e. The van der Waals surface area contributed by atoms with E-state index in [2.05, 4.69) is 0 Å². The molecule has 10 heteroatoms. The van der Waals surface area contributed by atoms with Gasteiger partial charge in [-0.05, 0) is 35.7 Å². The average molecular weight is 537 g/mol. The van der Waals surface area contributed by atoms with E-state index in [-0.39, 0.29) is 24.7 Å². The van der Waals surface area contributed by atoms with Crippen LogP contribution in [0.15, 0.2) is 60.7 Å². The second-order valence-corrected chi connectivity index (χ2v) is 17.1. The van der Waals surface area contributed by atoms with Crippen LogP contribution in [-0.4, -0.2) is 42.7 Å². The number of rotatable bonds is 14. The van der Waals surface area contributed by atoms with E-state index in [1.165, 1.54) is 0 Å². The lowest BCUT2D eigenvalue weighted by Gasteiger charge is -2.38. The number of carboxylic acids is 2. The molecule has 0 aromatic heterocycles. The predicted octanol–water partition coefficient (Wildman–Crippen LogP) is 6.18. The molecule has 8 nitrogen and oxygen atoms in total. The van der Waals surface area contributed by atoms with Gasteiger partial charge in [0, 0.05) is 0 Å². The fraction of sp³-hybridized carbons (Fsp3) is 0.462. The SMILES string of the molecule is CC(C)(C)[Si](C)(C)O[C@H](C[C@H](CP(=O)(OCc1ccccc1)OCc1ccccc1)C(=O)O)C(=O)O. The van der Waals surface area contributed by atoms with Crippen LogP contribution in [0.2, 0.25) is 18.1 Å². The Balaban J connectivity index is 2.25. The van der Waals surface area contributed by atoms with Crippen molar-refractivity contribution in [3.63, 3.8) is 0 Å². The summed E-state index contributed by atoms with van der Waals surface area (Å²) in [6.45, 7) is 9.62. The highest BCUT2D eigenvalue weighted by Gasteiger charge is 2.43. The van der Waals surface area contributed by atoms with Crippen LogP contribution in [-0.2, 0) is 40.8 Å². The fourth-order valence-electron chi connectivity index (χ4n) is 3.15. The largest absolute Gasteiger partial charge is 0.481 e. The minimum absolute atomic E-state index is 0.0396. The highest BCUT2D eigenvalue weighted by Crippen LogP contribution is 2.52. The van der Waals surface area contributed by atoms with Crippen molar-refractivity contribution in [2.75, 3.05) is 6.16 Å². The van der Waals surface area contributed by atoms with Gasteiger partial charge in [0.05, 0.1) is 25.3 Å². The van der Waals surface area contributed by atoms with Gasteiger partial charge in [0.1, 0.15) is 6.10 Å². The molecule has 0 heterocycles. The summed E-state index contributed by atoms with van der Waals surface area (Å²) in [5, 5.41) is 19.5. The van der Waals surface area contributed by atoms with Gasteiger partial charge in [0.25, 0.3) is 0 Å². The lowest BCUT2D eigenvalue weighted by atomic mass is 10.0. The number of aliphatic carboxylic acids is 2. The van der Waals surface area contributed by atoms with Crippen LogP contribution in [0.5, 0.6) is 0 Å². The molecule has 0 bridgehead atoms. The van der Waals surface area contributed by atoms with Crippen LogP contribution in [0.25, 0.3) is 0 Å². The second kappa shape index (κ2) is 12.8. The lowest BCUT2D eigenvalue weighted by molar-refractivity contribution is -0.148. The summed E-state index contributed by atoms with van der Waals surface area (Å²) >= 11 is 0. The Labute approximate surface area is 214 Å². The van der Waals surface area contributed by atoms with Crippen molar-refractivity contribution in [1.29, 1.82) is 0 Å². The topological polar surface area (TPSA) is 119 Å². The zero-order valence-electron chi connectivity index (χ0n) is 21.5. The molecule has 0 radical (unpaired) electrons. The van der Waals surface area contributed by atoms with Crippen LogP contribution >= 0.6 is 7.60 Å². The molecule has 2 aromatic carbocycles. The van der Waals surface area contributed by atoms with Gasteiger partial charge in [0.2, 0.25) is 0 Å². The van der Waals surface area contributed by atoms with Gasteiger partial charge in [0.15, 0.2) is 8.32 Å². The number of carboxylic acid groups (broad SMARTS) is 2. The Morgan fingerprint density at radius 2 is 1.31 bits per heavy atom. The first-order chi connectivity index (χ1) is 16.7. The highest BCUT2D eigenvalue weighted by atomic mass is 31.2. The number of benzene rings is 2. The normalized spacial score (nSPS) is 14.2. The quantitative estimate of drug-likeness (QED) is 0.217. The van der Waals surface area contributed by atoms with E-state index < -0.39 is 46.0 Å². The maximum absolute atomic E-state index is 13.8. The molecule has 2 aromatic rings. The summed E-state index contributed by atoms with van der Waals surface area (Å²) in [4.78, 5) is 24.2. The van der Waals surface area contributed by atoms with E-state index in [1.807, 2.05) is 70.3 Å². The first kappa shape index (κ1) is 29.9. The summed E-state index contributed by atoms with van der Waals surface area (Å²) in [5.74, 6) is -3.85. The van der Waals surface area contributed by atoms with Gasteiger partial charge in [-0.2, -0.15) is 0 Å². The molecule has 2 rings (SSSR count). The first-order valence-corrected chi connectivity index (χ1v) is 16.5. The van der Waals surface area contributed by atoms with E-state index in [0.717, 1.165) is 11.1 Å². The molecule has 0 aliphatic rings. The van der Waals surface area contributed by atoms with Crippen LogP contribution in [0.3, 0.4) is 0 Å². The van der Waals surface area contributed by atoms with Gasteiger partial charge >= 0.3 is 19.5 Å². The lowest BCUT2D eigenvalue weighted by Crippen LogP contribution is -2.47. The summed E-state index contributed by atoms with van der Waals surface area (Å²) in [5.41, 5.74) is 1.50. The van der Waals surface area contributed by atoms with Crippen LogP contribution in [0, 0.1) is 5.92 Å². The van der Waals surface area contributed by atoms with Gasteiger partial charge in [-0.3, -0.25) is 9.36 Å². The minimum atomic E-state index is -3.95. The molecule has 0 fully saturated rings. The molecule has 0 saturated carbocycles. The van der Waals surface area contributed by atoms with Crippen molar-refractivity contribution in [2.24, 2.45) is 5.92 Å². The average Bonchev–Trinajstić information content (AvgIpc) is 2.81. The molecule has 2 atom stereocenters. The number of hydrogen-bond acceptors (Lipinski definition) is 6. The van der Waals surface area contributed by atoms with Gasteiger partial charge < -0.3 is 23.7 Å². The molecular formula is C26H37O8PSi. The Bertz CT molecular complexity index is 989. The monoisotopic (exact) mass is 536 g/mol. The summed E-state index contributed by atoms with van der Waals surface area (Å²) in [7, 11) is -6.46. The van der Waals surface area contributed by atoms with E-state index >= 15 is 0 Å². The fourth-order valence-corrected chi connectivity index (χ4v) is 6.23. The van der Waals surface area contributed by atoms with Crippen molar-refractivity contribution in [2.45, 2.75) is 64.6 Å². The van der Waals surface area contributed by atoms with E-state index in [1.54, 1.807) is 24.3 Å². The minimum Gasteiger partial charge on any atom is -0.481 e. The van der Waals surface area contributed by atoms with Gasteiger partial charge in [-0.25, -0.2) is 4.79 Å². The van der Waals surface area contributed by atoms with Crippen molar-refractivity contribution < 1.29 is 37.8 Å². The molecule has 0 spiro atoms. The van der Waals surface area contributed by atoms with E-state index in [4.69, 9.17) is 13.5 Å². The van der Waals surface area contributed by atoms with Crippen molar-refractivity contribution in [3.05, 3.63) is 71.8 Å². The molecule has 36 heavy (non-hydrogen) atoms. The molecule has 198 valence electrons. The van der Waals surface area contributed by atoms with E-state index in [0.29, 0.717) is 0 Å². The zero-order valence-corrected chi connectivity index (χ0v) is 23.4. The van der Waals surface area contributed by atoms with Crippen LogP contribution < -0.4 is 0 Å². The van der Waals surface area contributed by atoms with Crippen LogP contribution in [0.1, 0.15) is 38.3 Å². The summed E-state index contributed by atoms with van der Waals surface area (Å²) in [6, 6.07) is 18.1. The van der Waals surface area contributed by atoms with Crippen molar-refractivity contribution in [1.82, 2.24) is 0 Å². The third kappa shape index (κ3) is 9.30. The molecule has 0 unspecified atom stereocenters. The maximum atomic E-state index is 13.8. The molecule has 0 amide bonds. The second-order valence-electron chi connectivity index (χ2n) is 10.3. The standard InChI is InChI=1S/C26H37O8PSi/c1-26(2,3)36(4,5)34-23(25(29)30)16-22(24(27)28)19-35(31,32-17-20-12-8-6-9-13-20)33-18-21-14-10-7-11-15-21/h6-15,22-23H,16-19H2,1-5H3,(H,27,28)(H,29,30)/t22-,23-/m1/s1. The zero-order chi connectivity index (χ0) is 27.0. The smallest absolute Gasteiger partial charge is 0.332 e. The summed E-state index contributed by atoms with van der Waals surface area (Å²) in [6.07, 6.45) is -2.19. The highest BCUT2D eigenvalue weighted by molar-refractivity contribution is 7.53. The Kier molecular flexibility index (Phi) is 10.6. The Morgan fingerprint density at radius 1 is 0.861 bits per heavy atom. The number of hydrogen-bond donors (Lipinski definition) is 2.